The van der Waals surface area contributed by atoms with Gasteiger partial charge in [0.1, 0.15) is 17.2 Å². The number of carbonyl (C=O) groups is 1. The lowest BCUT2D eigenvalue weighted by molar-refractivity contribution is 0.0921. The number of amides is 1. The second-order valence-corrected chi connectivity index (χ2v) is 12.3. The summed E-state index contributed by atoms with van der Waals surface area (Å²) in [6, 6.07) is 12.4. The molecule has 1 aromatic heterocycles. The molecule has 1 atom stereocenters. The lowest BCUT2D eigenvalue weighted by Gasteiger charge is -2.29. The van der Waals surface area contributed by atoms with Gasteiger partial charge in [0.2, 0.25) is 0 Å². The van der Waals surface area contributed by atoms with Crippen LogP contribution >= 0.6 is 0 Å². The van der Waals surface area contributed by atoms with Gasteiger partial charge in [-0.15, -0.1) is 0 Å². The van der Waals surface area contributed by atoms with Gasteiger partial charge in [-0.05, 0) is 102 Å². The standard InChI is InChI=1S/C33H45FN2O3/c1-5-9-24(31-29-21-16-26(34)22-30(29)39-36-31)11-8-6-7-10-23-12-17-27(18-13-23)35-32(37)25-14-19-28(20-15-25)38-33(2,3)4/h14-16,19-24,27H,5-13,17-18H2,1-4H3,(H,35,37). The maximum Gasteiger partial charge on any atom is 0.251 e. The number of aromatic nitrogens is 1. The molecule has 1 aliphatic rings. The number of unbranched alkanes of at least 4 members (excludes halogenated alkanes) is 2. The number of hydrogen-bond acceptors (Lipinski definition) is 4. The first kappa shape index (κ1) is 29.1. The fourth-order valence-electron chi connectivity index (χ4n) is 5.88. The molecule has 2 aromatic carbocycles. The number of hydrogen-bond donors (Lipinski definition) is 1. The van der Waals surface area contributed by atoms with Gasteiger partial charge in [0, 0.05) is 29.0 Å². The average molecular weight is 537 g/mol. The van der Waals surface area contributed by atoms with E-state index in [1.165, 1.54) is 50.7 Å². The van der Waals surface area contributed by atoms with Crippen LogP contribution in [0.2, 0.25) is 0 Å². The summed E-state index contributed by atoms with van der Waals surface area (Å²) in [6.45, 7) is 8.24. The zero-order valence-corrected chi connectivity index (χ0v) is 24.1. The van der Waals surface area contributed by atoms with Crippen LogP contribution in [0, 0.1) is 11.7 Å². The molecule has 212 valence electrons. The molecule has 1 unspecified atom stereocenters. The van der Waals surface area contributed by atoms with E-state index in [1.807, 2.05) is 45.0 Å². The summed E-state index contributed by atoms with van der Waals surface area (Å²) in [4.78, 5) is 12.7. The number of rotatable bonds is 12. The lowest BCUT2D eigenvalue weighted by atomic mass is 9.82. The van der Waals surface area contributed by atoms with E-state index in [2.05, 4.69) is 17.4 Å². The molecule has 1 saturated carbocycles. The molecule has 0 aliphatic heterocycles. The van der Waals surface area contributed by atoms with Crippen LogP contribution in [-0.2, 0) is 0 Å². The number of nitrogens with zero attached hydrogens (tertiary/aromatic N) is 1. The highest BCUT2D eigenvalue weighted by atomic mass is 19.1. The number of halogens is 1. The van der Waals surface area contributed by atoms with Gasteiger partial charge in [-0.3, -0.25) is 4.79 Å². The van der Waals surface area contributed by atoms with Crippen molar-refractivity contribution in [2.45, 2.75) is 116 Å². The third-order valence-electron chi connectivity index (χ3n) is 7.87. The predicted octanol–water partition coefficient (Wildman–Crippen LogP) is 8.97. The zero-order valence-electron chi connectivity index (χ0n) is 24.1. The Kier molecular flexibility index (Phi) is 10.0. The molecular formula is C33H45FN2O3. The molecule has 5 nitrogen and oxygen atoms in total. The van der Waals surface area contributed by atoms with Crippen molar-refractivity contribution in [1.82, 2.24) is 10.5 Å². The number of benzene rings is 2. The summed E-state index contributed by atoms with van der Waals surface area (Å²) < 4.78 is 24.8. The lowest BCUT2D eigenvalue weighted by Crippen LogP contribution is -2.37. The highest BCUT2D eigenvalue weighted by Crippen LogP contribution is 2.33. The predicted molar refractivity (Wildman–Crippen MR) is 155 cm³/mol. The van der Waals surface area contributed by atoms with E-state index in [1.54, 1.807) is 6.07 Å². The molecule has 1 heterocycles. The molecule has 39 heavy (non-hydrogen) atoms. The van der Waals surface area contributed by atoms with Gasteiger partial charge < -0.3 is 14.6 Å². The highest BCUT2D eigenvalue weighted by molar-refractivity contribution is 5.94. The molecule has 0 spiro atoms. The largest absolute Gasteiger partial charge is 0.488 e. The van der Waals surface area contributed by atoms with Crippen LogP contribution in [0.25, 0.3) is 11.0 Å². The molecule has 3 aromatic rings. The summed E-state index contributed by atoms with van der Waals surface area (Å²) in [5, 5.41) is 8.50. The van der Waals surface area contributed by atoms with Crippen molar-refractivity contribution in [1.29, 1.82) is 0 Å². The van der Waals surface area contributed by atoms with Crippen molar-refractivity contribution >= 4 is 16.9 Å². The van der Waals surface area contributed by atoms with Crippen molar-refractivity contribution in [3.8, 4) is 5.75 Å². The molecule has 0 bridgehead atoms. The monoisotopic (exact) mass is 536 g/mol. The molecule has 1 amide bonds. The maximum absolute atomic E-state index is 13.5. The first-order valence-electron chi connectivity index (χ1n) is 14.9. The normalized spacial score (nSPS) is 18.7. The number of nitrogens with one attached hydrogen (secondary N) is 1. The summed E-state index contributed by atoms with van der Waals surface area (Å²) in [5.74, 6) is 1.62. The summed E-state index contributed by atoms with van der Waals surface area (Å²) in [7, 11) is 0. The van der Waals surface area contributed by atoms with Gasteiger partial charge in [0.15, 0.2) is 5.58 Å². The van der Waals surface area contributed by atoms with E-state index in [9.17, 15) is 9.18 Å². The smallest absolute Gasteiger partial charge is 0.251 e. The van der Waals surface area contributed by atoms with Crippen LogP contribution in [0.5, 0.6) is 5.75 Å². The van der Waals surface area contributed by atoms with E-state index in [0.717, 1.165) is 54.9 Å². The number of ether oxygens (including phenoxy) is 1. The quantitative estimate of drug-likeness (QED) is 0.235. The molecule has 0 radical (unpaired) electrons. The van der Waals surface area contributed by atoms with Gasteiger partial charge in [-0.25, -0.2) is 4.39 Å². The Morgan fingerprint density at radius 1 is 1.05 bits per heavy atom. The molecule has 0 saturated heterocycles. The Hall–Kier alpha value is -2.89. The second-order valence-electron chi connectivity index (χ2n) is 12.3. The summed E-state index contributed by atoms with van der Waals surface area (Å²) in [5.41, 5.74) is 1.96. The fourth-order valence-corrected chi connectivity index (χ4v) is 5.88. The SMILES string of the molecule is CCCC(CCCCCC1CCC(NC(=O)c2ccc(OC(C)(C)C)cc2)CC1)c1noc2cc(F)ccc12. The summed E-state index contributed by atoms with van der Waals surface area (Å²) >= 11 is 0. The average Bonchev–Trinajstić information content (AvgIpc) is 3.31. The molecule has 1 N–H and O–H groups in total. The van der Waals surface area contributed by atoms with E-state index in [4.69, 9.17) is 9.26 Å². The Balaban J connectivity index is 1.14. The van der Waals surface area contributed by atoms with Crippen LogP contribution in [-0.4, -0.2) is 22.7 Å². The highest BCUT2D eigenvalue weighted by Gasteiger charge is 2.23. The molecule has 1 fully saturated rings. The first-order valence-corrected chi connectivity index (χ1v) is 14.9. The van der Waals surface area contributed by atoms with Crippen LogP contribution in [0.4, 0.5) is 4.39 Å². The van der Waals surface area contributed by atoms with Crippen molar-refractivity contribution < 1.29 is 18.4 Å². The van der Waals surface area contributed by atoms with Gasteiger partial charge in [0.05, 0.1) is 5.69 Å². The van der Waals surface area contributed by atoms with E-state index in [-0.39, 0.29) is 23.4 Å². The van der Waals surface area contributed by atoms with Gasteiger partial charge in [0.25, 0.3) is 5.91 Å². The third kappa shape index (κ3) is 8.55. The Morgan fingerprint density at radius 3 is 2.49 bits per heavy atom. The molecule has 4 rings (SSSR count). The van der Waals surface area contributed by atoms with Crippen LogP contribution in [0.3, 0.4) is 0 Å². The number of carbonyl (C=O) groups excluding carboxylic acids is 1. The van der Waals surface area contributed by atoms with Gasteiger partial charge in [-0.1, -0.05) is 44.2 Å². The second kappa shape index (κ2) is 13.5. The number of fused-ring (bicyclic) bond motifs is 1. The topological polar surface area (TPSA) is 64.4 Å². The van der Waals surface area contributed by atoms with Crippen molar-refractivity contribution in [2.24, 2.45) is 5.92 Å². The first-order chi connectivity index (χ1) is 18.7. The molecule has 6 heteroatoms. The van der Waals surface area contributed by atoms with E-state index >= 15 is 0 Å². The fraction of sp³-hybridized carbons (Fsp3) is 0.576. The third-order valence-corrected chi connectivity index (χ3v) is 7.87. The van der Waals surface area contributed by atoms with Gasteiger partial charge in [-0.2, -0.15) is 0 Å². The van der Waals surface area contributed by atoms with Crippen LogP contribution < -0.4 is 10.1 Å². The van der Waals surface area contributed by atoms with Crippen molar-refractivity contribution in [3.63, 3.8) is 0 Å². The minimum Gasteiger partial charge on any atom is -0.488 e. The van der Waals surface area contributed by atoms with Gasteiger partial charge >= 0.3 is 0 Å². The Morgan fingerprint density at radius 2 is 1.79 bits per heavy atom. The maximum atomic E-state index is 13.5. The summed E-state index contributed by atoms with van der Waals surface area (Å²) in [6.07, 6.45) is 12.6. The molecular weight excluding hydrogens is 491 g/mol. The Labute approximate surface area is 232 Å². The Bertz CT molecular complexity index is 1190. The molecule has 1 aliphatic carbocycles. The van der Waals surface area contributed by atoms with Crippen molar-refractivity contribution in [3.05, 3.63) is 59.5 Å². The van der Waals surface area contributed by atoms with E-state index in [0.29, 0.717) is 17.1 Å². The van der Waals surface area contributed by atoms with Crippen LogP contribution in [0.1, 0.15) is 120 Å². The minimum atomic E-state index is -0.287. The minimum absolute atomic E-state index is 0.00687. The van der Waals surface area contributed by atoms with Crippen LogP contribution in [0.15, 0.2) is 47.0 Å². The van der Waals surface area contributed by atoms with E-state index < -0.39 is 0 Å². The van der Waals surface area contributed by atoms with Crippen molar-refractivity contribution in [2.75, 3.05) is 0 Å². The zero-order chi connectivity index (χ0) is 27.8.